The zero-order valence-corrected chi connectivity index (χ0v) is 11.0. The highest BCUT2D eigenvalue weighted by Crippen LogP contribution is 2.22. The first kappa shape index (κ1) is 13.3. The van der Waals surface area contributed by atoms with Gasteiger partial charge >= 0.3 is 0 Å². The van der Waals surface area contributed by atoms with Crippen LogP contribution in [0.3, 0.4) is 0 Å². The average Bonchev–Trinajstić information content (AvgIpc) is 2.45. The molecule has 2 aromatic carbocycles. The number of benzene rings is 2. The Kier molecular flexibility index (Phi) is 4.29. The lowest BCUT2D eigenvalue weighted by molar-refractivity contribution is -0.120. The number of fused-ring (bicyclic) bond motifs is 1. The first-order valence-corrected chi connectivity index (χ1v) is 6.48. The van der Waals surface area contributed by atoms with E-state index >= 15 is 0 Å². The van der Waals surface area contributed by atoms with E-state index in [1.165, 1.54) is 0 Å². The molecule has 0 atom stereocenters. The van der Waals surface area contributed by atoms with Crippen molar-refractivity contribution in [3.63, 3.8) is 0 Å². The van der Waals surface area contributed by atoms with Gasteiger partial charge in [0, 0.05) is 18.5 Å². The first-order valence-electron chi connectivity index (χ1n) is 6.48. The minimum atomic E-state index is 0.0612. The second-order valence-corrected chi connectivity index (χ2v) is 4.43. The Labute approximate surface area is 112 Å². The summed E-state index contributed by atoms with van der Waals surface area (Å²) in [6, 6.07) is 11.6. The summed E-state index contributed by atoms with van der Waals surface area (Å²) >= 11 is 0. The molecule has 0 radical (unpaired) electrons. The first-order chi connectivity index (χ1) is 9.26. The lowest BCUT2D eigenvalue weighted by Crippen LogP contribution is -2.22. The number of rotatable bonds is 5. The van der Waals surface area contributed by atoms with E-state index in [0.717, 1.165) is 22.6 Å². The van der Waals surface area contributed by atoms with E-state index in [1.807, 2.05) is 43.3 Å². The van der Waals surface area contributed by atoms with Crippen molar-refractivity contribution in [2.45, 2.75) is 19.8 Å². The summed E-state index contributed by atoms with van der Waals surface area (Å²) in [5.41, 5.74) is 1.80. The molecule has 0 saturated carbocycles. The van der Waals surface area contributed by atoms with E-state index in [0.29, 0.717) is 24.9 Å². The molecule has 98 valence electrons. The fraction of sp³-hybridized carbons (Fsp3) is 0.250. The van der Waals surface area contributed by atoms with Crippen LogP contribution in [0.1, 0.15) is 29.3 Å². The Balaban J connectivity index is 2.29. The number of aldehydes is 1. The van der Waals surface area contributed by atoms with Crippen molar-refractivity contribution >= 4 is 23.0 Å². The fourth-order valence-electron chi connectivity index (χ4n) is 2.24. The van der Waals surface area contributed by atoms with Gasteiger partial charge in [-0.1, -0.05) is 36.4 Å². The predicted molar refractivity (Wildman–Crippen MR) is 76.3 cm³/mol. The monoisotopic (exact) mass is 255 g/mol. The zero-order chi connectivity index (χ0) is 13.7. The number of carbonyl (C=O) groups excluding carboxylic acids is 2. The van der Waals surface area contributed by atoms with E-state index in [9.17, 15) is 9.59 Å². The van der Waals surface area contributed by atoms with E-state index in [-0.39, 0.29) is 5.91 Å². The predicted octanol–water partition coefficient (Wildman–Crippen LogP) is 2.72. The van der Waals surface area contributed by atoms with E-state index < -0.39 is 0 Å². The highest BCUT2D eigenvalue weighted by molar-refractivity contribution is 5.99. The summed E-state index contributed by atoms with van der Waals surface area (Å²) in [7, 11) is 0. The molecule has 0 heterocycles. The third-order valence-corrected chi connectivity index (χ3v) is 3.17. The standard InChI is InChI=1S/C16H17NO2/c1-2-17-16(19)10-9-12-7-8-13(11-18)15-6-4-3-5-14(12)15/h3-8,11H,2,9-10H2,1H3,(H,17,19). The topological polar surface area (TPSA) is 46.2 Å². The maximum atomic E-state index is 11.5. The molecule has 0 aliphatic rings. The van der Waals surface area contributed by atoms with E-state index in [1.54, 1.807) is 0 Å². The van der Waals surface area contributed by atoms with Crippen molar-refractivity contribution in [2.75, 3.05) is 6.54 Å². The molecule has 0 aromatic heterocycles. The number of carbonyl (C=O) groups is 2. The summed E-state index contributed by atoms with van der Waals surface area (Å²) in [5.74, 6) is 0.0612. The van der Waals surface area contributed by atoms with Gasteiger partial charge in [-0.3, -0.25) is 9.59 Å². The molecular formula is C16H17NO2. The molecule has 0 spiro atoms. The lowest BCUT2D eigenvalue weighted by atomic mass is 9.97. The minimum Gasteiger partial charge on any atom is -0.356 e. The largest absolute Gasteiger partial charge is 0.356 e. The summed E-state index contributed by atoms with van der Waals surface area (Å²) in [5, 5.41) is 4.79. The van der Waals surface area contributed by atoms with Gasteiger partial charge in [-0.05, 0) is 29.7 Å². The van der Waals surface area contributed by atoms with Gasteiger partial charge in [0.1, 0.15) is 0 Å². The Morgan fingerprint density at radius 1 is 1.16 bits per heavy atom. The van der Waals surface area contributed by atoms with Crippen molar-refractivity contribution in [2.24, 2.45) is 0 Å². The number of hydrogen-bond donors (Lipinski definition) is 1. The van der Waals surface area contributed by atoms with Crippen LogP contribution in [0.15, 0.2) is 36.4 Å². The second kappa shape index (κ2) is 6.14. The van der Waals surface area contributed by atoms with Crippen molar-refractivity contribution in [1.29, 1.82) is 0 Å². The van der Waals surface area contributed by atoms with Crippen LogP contribution in [0.25, 0.3) is 10.8 Å². The van der Waals surface area contributed by atoms with Gasteiger partial charge in [-0.25, -0.2) is 0 Å². The average molecular weight is 255 g/mol. The van der Waals surface area contributed by atoms with Crippen molar-refractivity contribution in [1.82, 2.24) is 5.32 Å². The Morgan fingerprint density at radius 2 is 1.89 bits per heavy atom. The van der Waals surface area contributed by atoms with Crippen LogP contribution in [0.5, 0.6) is 0 Å². The fourth-order valence-corrected chi connectivity index (χ4v) is 2.24. The van der Waals surface area contributed by atoms with Crippen LogP contribution in [-0.2, 0) is 11.2 Å². The number of hydrogen-bond acceptors (Lipinski definition) is 2. The molecule has 19 heavy (non-hydrogen) atoms. The lowest BCUT2D eigenvalue weighted by Gasteiger charge is -2.08. The van der Waals surface area contributed by atoms with Crippen LogP contribution in [0.4, 0.5) is 0 Å². The Bertz CT molecular complexity index is 605. The highest BCUT2D eigenvalue weighted by Gasteiger charge is 2.07. The van der Waals surface area contributed by atoms with Gasteiger partial charge in [-0.15, -0.1) is 0 Å². The van der Waals surface area contributed by atoms with Crippen LogP contribution in [0.2, 0.25) is 0 Å². The summed E-state index contributed by atoms with van der Waals surface area (Å²) in [4.78, 5) is 22.5. The molecule has 1 amide bonds. The molecule has 0 aliphatic heterocycles. The number of amides is 1. The van der Waals surface area contributed by atoms with Crippen LogP contribution < -0.4 is 5.32 Å². The van der Waals surface area contributed by atoms with Crippen molar-refractivity contribution in [3.8, 4) is 0 Å². The van der Waals surface area contributed by atoms with Gasteiger partial charge in [0.05, 0.1) is 0 Å². The van der Waals surface area contributed by atoms with Gasteiger partial charge in [0.15, 0.2) is 6.29 Å². The maximum Gasteiger partial charge on any atom is 0.220 e. The number of nitrogens with one attached hydrogen (secondary N) is 1. The minimum absolute atomic E-state index is 0.0612. The zero-order valence-electron chi connectivity index (χ0n) is 11.0. The molecular weight excluding hydrogens is 238 g/mol. The molecule has 0 bridgehead atoms. The highest BCUT2D eigenvalue weighted by atomic mass is 16.1. The summed E-state index contributed by atoms with van der Waals surface area (Å²) in [6.45, 7) is 2.57. The van der Waals surface area contributed by atoms with Gasteiger partial charge in [0.2, 0.25) is 5.91 Å². The SMILES string of the molecule is CCNC(=O)CCc1ccc(C=O)c2ccccc12. The quantitative estimate of drug-likeness (QED) is 0.835. The molecule has 2 rings (SSSR count). The van der Waals surface area contributed by atoms with E-state index in [2.05, 4.69) is 5.32 Å². The Morgan fingerprint density at radius 3 is 2.58 bits per heavy atom. The van der Waals surface area contributed by atoms with Crippen LogP contribution in [0, 0.1) is 0 Å². The normalized spacial score (nSPS) is 10.4. The molecule has 0 fully saturated rings. The molecule has 3 nitrogen and oxygen atoms in total. The maximum absolute atomic E-state index is 11.5. The van der Waals surface area contributed by atoms with Gasteiger partial charge < -0.3 is 5.32 Å². The molecule has 0 saturated heterocycles. The smallest absolute Gasteiger partial charge is 0.220 e. The van der Waals surface area contributed by atoms with Crippen molar-refractivity contribution in [3.05, 3.63) is 47.5 Å². The third-order valence-electron chi connectivity index (χ3n) is 3.17. The van der Waals surface area contributed by atoms with Crippen LogP contribution >= 0.6 is 0 Å². The second-order valence-electron chi connectivity index (χ2n) is 4.43. The third kappa shape index (κ3) is 2.99. The molecule has 1 N–H and O–H groups in total. The van der Waals surface area contributed by atoms with Crippen molar-refractivity contribution < 1.29 is 9.59 Å². The Hall–Kier alpha value is -2.16. The van der Waals surface area contributed by atoms with E-state index in [4.69, 9.17) is 0 Å². The summed E-state index contributed by atoms with van der Waals surface area (Å²) < 4.78 is 0. The summed E-state index contributed by atoms with van der Waals surface area (Å²) in [6.07, 6.45) is 2.03. The molecule has 0 unspecified atom stereocenters. The van der Waals surface area contributed by atoms with Gasteiger partial charge in [-0.2, -0.15) is 0 Å². The molecule has 2 aromatic rings. The number of aryl methyl sites for hydroxylation is 1. The molecule has 0 aliphatic carbocycles. The van der Waals surface area contributed by atoms with Crippen LogP contribution in [-0.4, -0.2) is 18.7 Å². The van der Waals surface area contributed by atoms with Gasteiger partial charge in [0.25, 0.3) is 0 Å². The molecule has 3 heteroatoms.